The van der Waals surface area contributed by atoms with Crippen LogP contribution in [0.5, 0.6) is 0 Å². The Bertz CT molecular complexity index is 991. The second-order valence-corrected chi connectivity index (χ2v) is 6.78. The molecule has 0 saturated heterocycles. The number of aryl methyl sites for hydroxylation is 1. The first kappa shape index (κ1) is 15.0. The summed E-state index contributed by atoms with van der Waals surface area (Å²) in [5, 5.41) is 11.5. The summed E-state index contributed by atoms with van der Waals surface area (Å²) in [5.41, 5.74) is 1.12. The molecule has 2 aromatic heterocycles. The Labute approximate surface area is 132 Å². The lowest BCUT2D eigenvalue weighted by molar-refractivity contribution is 0.209. The fourth-order valence-corrected chi connectivity index (χ4v) is 3.48. The van der Waals surface area contributed by atoms with Crippen molar-refractivity contribution >= 4 is 33.0 Å². The van der Waals surface area contributed by atoms with Crippen LogP contribution >= 0.6 is 0 Å². The van der Waals surface area contributed by atoms with E-state index in [2.05, 4.69) is 10.3 Å². The van der Waals surface area contributed by atoms with Gasteiger partial charge in [0.05, 0.1) is 4.90 Å². The molecule has 0 radical (unpaired) electrons. The Kier molecular flexibility index (Phi) is 3.53. The average molecular weight is 331 g/mol. The minimum absolute atomic E-state index is 0.0593. The van der Waals surface area contributed by atoms with Gasteiger partial charge in [-0.25, -0.2) is 22.2 Å². The van der Waals surface area contributed by atoms with E-state index in [0.717, 1.165) is 9.54 Å². The van der Waals surface area contributed by atoms with Crippen molar-refractivity contribution < 1.29 is 18.3 Å². The smallest absolute Gasteiger partial charge is 0.410 e. The first-order valence-corrected chi connectivity index (χ1v) is 8.12. The van der Waals surface area contributed by atoms with E-state index in [1.165, 1.54) is 24.4 Å². The van der Waals surface area contributed by atoms with Crippen LogP contribution in [0, 0.1) is 6.92 Å². The molecule has 0 aliphatic carbocycles. The molecule has 0 atom stereocenters. The van der Waals surface area contributed by atoms with E-state index in [9.17, 15) is 13.2 Å². The number of anilines is 1. The van der Waals surface area contributed by atoms with Crippen LogP contribution < -0.4 is 5.32 Å². The lowest BCUT2D eigenvalue weighted by Gasteiger charge is -2.08. The predicted molar refractivity (Wildman–Crippen MR) is 85.1 cm³/mol. The normalized spacial score (nSPS) is 11.5. The van der Waals surface area contributed by atoms with Crippen LogP contribution in [0.15, 0.2) is 53.6 Å². The molecule has 0 aliphatic rings. The van der Waals surface area contributed by atoms with E-state index in [1.807, 2.05) is 6.92 Å². The molecule has 0 spiro atoms. The second-order valence-electron chi connectivity index (χ2n) is 4.97. The maximum absolute atomic E-state index is 12.7. The fourth-order valence-electron chi connectivity index (χ4n) is 2.18. The SMILES string of the molecule is Cc1ccc(S(=O)(=O)n2ccc3ccc(NC(=O)O)nc32)cc1. The van der Waals surface area contributed by atoms with Gasteiger partial charge in [-0.3, -0.25) is 5.32 Å². The van der Waals surface area contributed by atoms with Crippen molar-refractivity contribution in [2.45, 2.75) is 11.8 Å². The standard InChI is InChI=1S/C15H13N3O4S/c1-10-2-5-12(6-3-10)23(21,22)18-9-8-11-4-7-13(16-14(11)18)17-15(19)20/h2-9H,1H3,(H,16,17)(H,19,20). The molecule has 0 bridgehead atoms. The lowest BCUT2D eigenvalue weighted by Crippen LogP contribution is -2.13. The number of amides is 1. The molecule has 0 unspecified atom stereocenters. The van der Waals surface area contributed by atoms with Crippen molar-refractivity contribution in [3.63, 3.8) is 0 Å². The van der Waals surface area contributed by atoms with Gasteiger partial charge in [0.2, 0.25) is 0 Å². The van der Waals surface area contributed by atoms with Crippen LogP contribution in [0.4, 0.5) is 10.6 Å². The number of hydrogen-bond donors (Lipinski definition) is 2. The molecular formula is C15H13N3O4S. The van der Waals surface area contributed by atoms with Crippen LogP contribution in [-0.2, 0) is 10.0 Å². The average Bonchev–Trinajstić information content (AvgIpc) is 2.91. The first-order chi connectivity index (χ1) is 10.9. The molecular weight excluding hydrogens is 318 g/mol. The van der Waals surface area contributed by atoms with Gasteiger partial charge in [-0.2, -0.15) is 0 Å². The minimum atomic E-state index is -3.81. The van der Waals surface area contributed by atoms with Crippen LogP contribution in [0.2, 0.25) is 0 Å². The number of rotatable bonds is 3. The molecule has 7 nitrogen and oxygen atoms in total. The Morgan fingerprint density at radius 2 is 1.83 bits per heavy atom. The monoisotopic (exact) mass is 331 g/mol. The summed E-state index contributed by atoms with van der Waals surface area (Å²) >= 11 is 0. The zero-order valence-corrected chi connectivity index (χ0v) is 12.9. The molecule has 2 N–H and O–H groups in total. The number of benzene rings is 1. The van der Waals surface area contributed by atoms with Crippen molar-refractivity contribution in [2.24, 2.45) is 0 Å². The summed E-state index contributed by atoms with van der Waals surface area (Å²) in [4.78, 5) is 14.9. The molecule has 3 rings (SSSR count). The molecule has 118 valence electrons. The Hall–Kier alpha value is -2.87. The number of hydrogen-bond acceptors (Lipinski definition) is 4. The molecule has 0 aliphatic heterocycles. The number of pyridine rings is 1. The van der Waals surface area contributed by atoms with Gasteiger partial charge >= 0.3 is 6.09 Å². The third-order valence-electron chi connectivity index (χ3n) is 3.32. The summed E-state index contributed by atoms with van der Waals surface area (Å²) in [6.07, 6.45) is 0.133. The second kappa shape index (κ2) is 5.40. The summed E-state index contributed by atoms with van der Waals surface area (Å²) in [5.74, 6) is 0.0593. The van der Waals surface area contributed by atoms with E-state index < -0.39 is 16.1 Å². The summed E-state index contributed by atoms with van der Waals surface area (Å²) < 4.78 is 26.5. The van der Waals surface area contributed by atoms with Crippen molar-refractivity contribution in [3.8, 4) is 0 Å². The van der Waals surface area contributed by atoms with Gasteiger partial charge in [0.25, 0.3) is 10.0 Å². The summed E-state index contributed by atoms with van der Waals surface area (Å²) in [6, 6.07) is 11.2. The van der Waals surface area contributed by atoms with Gasteiger partial charge in [0, 0.05) is 11.6 Å². The third-order valence-corrected chi connectivity index (χ3v) is 5.00. The Morgan fingerprint density at radius 1 is 1.13 bits per heavy atom. The molecule has 0 fully saturated rings. The van der Waals surface area contributed by atoms with Crippen molar-refractivity contribution in [2.75, 3.05) is 5.32 Å². The maximum atomic E-state index is 12.7. The topological polar surface area (TPSA) is 101 Å². The van der Waals surface area contributed by atoms with Crippen LogP contribution in [0.3, 0.4) is 0 Å². The third kappa shape index (κ3) is 2.76. The minimum Gasteiger partial charge on any atom is -0.465 e. The summed E-state index contributed by atoms with van der Waals surface area (Å²) in [7, 11) is -3.81. The number of carbonyl (C=O) groups is 1. The van der Waals surface area contributed by atoms with E-state index in [-0.39, 0.29) is 16.4 Å². The molecule has 1 aromatic carbocycles. The van der Waals surface area contributed by atoms with Gasteiger partial charge in [-0.15, -0.1) is 0 Å². The largest absolute Gasteiger partial charge is 0.465 e. The number of nitrogens with zero attached hydrogens (tertiary/aromatic N) is 2. The zero-order valence-electron chi connectivity index (χ0n) is 12.1. The maximum Gasteiger partial charge on any atom is 0.410 e. The van der Waals surface area contributed by atoms with Gasteiger partial charge < -0.3 is 5.11 Å². The molecule has 8 heteroatoms. The van der Waals surface area contributed by atoms with E-state index in [4.69, 9.17) is 5.11 Å². The number of fused-ring (bicyclic) bond motifs is 1. The molecule has 23 heavy (non-hydrogen) atoms. The number of carboxylic acid groups (broad SMARTS) is 1. The van der Waals surface area contributed by atoms with E-state index >= 15 is 0 Å². The molecule has 2 heterocycles. The van der Waals surface area contributed by atoms with Gasteiger partial charge in [-0.1, -0.05) is 17.7 Å². The lowest BCUT2D eigenvalue weighted by atomic mass is 10.2. The zero-order chi connectivity index (χ0) is 16.6. The highest BCUT2D eigenvalue weighted by atomic mass is 32.2. The number of nitrogens with one attached hydrogen (secondary N) is 1. The molecule has 3 aromatic rings. The van der Waals surface area contributed by atoms with Crippen LogP contribution in [-0.4, -0.2) is 28.6 Å². The van der Waals surface area contributed by atoms with Gasteiger partial charge in [-0.05, 0) is 37.3 Å². The highest BCUT2D eigenvalue weighted by molar-refractivity contribution is 7.90. The first-order valence-electron chi connectivity index (χ1n) is 6.68. The van der Waals surface area contributed by atoms with Crippen molar-refractivity contribution in [1.82, 2.24) is 8.96 Å². The molecule has 0 saturated carbocycles. The van der Waals surface area contributed by atoms with Crippen LogP contribution in [0.1, 0.15) is 5.56 Å². The van der Waals surface area contributed by atoms with Gasteiger partial charge in [0.1, 0.15) is 5.82 Å². The summed E-state index contributed by atoms with van der Waals surface area (Å²) in [6.45, 7) is 1.87. The van der Waals surface area contributed by atoms with Crippen LogP contribution in [0.25, 0.3) is 11.0 Å². The molecule has 1 amide bonds. The number of aromatic nitrogens is 2. The van der Waals surface area contributed by atoms with E-state index in [1.54, 1.807) is 24.3 Å². The quantitative estimate of drug-likeness (QED) is 0.768. The highest BCUT2D eigenvalue weighted by Crippen LogP contribution is 2.22. The Morgan fingerprint density at radius 3 is 2.48 bits per heavy atom. The highest BCUT2D eigenvalue weighted by Gasteiger charge is 2.19. The Balaban J connectivity index is 2.15. The van der Waals surface area contributed by atoms with E-state index in [0.29, 0.717) is 5.39 Å². The fraction of sp³-hybridized carbons (Fsp3) is 0.0667. The van der Waals surface area contributed by atoms with Gasteiger partial charge in [0.15, 0.2) is 5.65 Å². The van der Waals surface area contributed by atoms with Crippen molar-refractivity contribution in [3.05, 3.63) is 54.2 Å². The van der Waals surface area contributed by atoms with Crippen molar-refractivity contribution in [1.29, 1.82) is 0 Å². The predicted octanol–water partition coefficient (Wildman–Crippen LogP) is 2.67.